The molecular formula is C22H37IN4O3. The molecule has 170 valence electrons. The van der Waals surface area contributed by atoms with E-state index in [1.165, 1.54) is 5.56 Å². The molecule has 0 bridgehead atoms. The van der Waals surface area contributed by atoms with Crippen molar-refractivity contribution < 1.29 is 14.3 Å². The highest BCUT2D eigenvalue weighted by Gasteiger charge is 2.53. The van der Waals surface area contributed by atoms with Crippen molar-refractivity contribution in [3.8, 4) is 5.75 Å². The molecule has 1 aliphatic carbocycles. The van der Waals surface area contributed by atoms with Crippen molar-refractivity contribution in [1.29, 1.82) is 0 Å². The molecule has 1 aliphatic rings. The van der Waals surface area contributed by atoms with Gasteiger partial charge in [0.15, 0.2) is 12.6 Å². The van der Waals surface area contributed by atoms with Crippen molar-refractivity contribution >= 4 is 35.8 Å². The SMILES string of the molecule is CCOC1CC(NC(=NC)NCCc2ccc(OCC(N)=O)cc2)C1(CC)CC.I. The van der Waals surface area contributed by atoms with Crippen LogP contribution < -0.4 is 21.1 Å². The van der Waals surface area contributed by atoms with Crippen LogP contribution in [0.1, 0.15) is 45.6 Å². The van der Waals surface area contributed by atoms with Crippen molar-refractivity contribution in [1.82, 2.24) is 10.6 Å². The van der Waals surface area contributed by atoms with Gasteiger partial charge < -0.3 is 25.8 Å². The second kappa shape index (κ2) is 13.0. The van der Waals surface area contributed by atoms with E-state index in [1.54, 1.807) is 7.05 Å². The van der Waals surface area contributed by atoms with Gasteiger partial charge in [0, 0.05) is 31.7 Å². The van der Waals surface area contributed by atoms with Gasteiger partial charge in [-0.3, -0.25) is 9.79 Å². The van der Waals surface area contributed by atoms with E-state index >= 15 is 0 Å². The van der Waals surface area contributed by atoms with E-state index in [4.69, 9.17) is 15.2 Å². The number of carbonyl (C=O) groups is 1. The van der Waals surface area contributed by atoms with Gasteiger partial charge in [-0.25, -0.2) is 0 Å². The Balaban J connectivity index is 0.00000450. The lowest BCUT2D eigenvalue weighted by Crippen LogP contribution is -2.65. The molecule has 4 N–H and O–H groups in total. The molecule has 30 heavy (non-hydrogen) atoms. The molecule has 1 amide bonds. The highest BCUT2D eigenvalue weighted by molar-refractivity contribution is 14.0. The summed E-state index contributed by atoms with van der Waals surface area (Å²) >= 11 is 0. The van der Waals surface area contributed by atoms with Gasteiger partial charge in [0.1, 0.15) is 5.75 Å². The van der Waals surface area contributed by atoms with Crippen molar-refractivity contribution in [3.63, 3.8) is 0 Å². The maximum atomic E-state index is 10.8. The van der Waals surface area contributed by atoms with Gasteiger partial charge >= 0.3 is 0 Å². The highest BCUT2D eigenvalue weighted by Crippen LogP contribution is 2.48. The van der Waals surface area contributed by atoms with Crippen LogP contribution in [-0.4, -0.2) is 50.8 Å². The first-order valence-corrected chi connectivity index (χ1v) is 10.6. The fraction of sp³-hybridized carbons (Fsp3) is 0.636. The van der Waals surface area contributed by atoms with Crippen LogP contribution in [0, 0.1) is 5.41 Å². The van der Waals surface area contributed by atoms with Gasteiger partial charge in [0.25, 0.3) is 5.91 Å². The third-order valence-electron chi connectivity index (χ3n) is 6.01. The first-order valence-electron chi connectivity index (χ1n) is 10.6. The van der Waals surface area contributed by atoms with Crippen LogP contribution in [0.25, 0.3) is 0 Å². The second-order valence-electron chi connectivity index (χ2n) is 7.46. The first kappa shape index (κ1) is 26.5. The summed E-state index contributed by atoms with van der Waals surface area (Å²) in [6.45, 7) is 7.98. The minimum absolute atomic E-state index is 0. The average molecular weight is 532 g/mol. The fourth-order valence-electron chi connectivity index (χ4n) is 4.18. The van der Waals surface area contributed by atoms with Gasteiger partial charge in [-0.15, -0.1) is 24.0 Å². The normalized spacial score (nSPS) is 19.9. The average Bonchev–Trinajstić information content (AvgIpc) is 2.72. The van der Waals surface area contributed by atoms with E-state index in [9.17, 15) is 4.79 Å². The van der Waals surface area contributed by atoms with Gasteiger partial charge in [0.2, 0.25) is 0 Å². The number of primary amides is 1. The predicted octanol–water partition coefficient (Wildman–Crippen LogP) is 2.86. The molecule has 1 saturated carbocycles. The summed E-state index contributed by atoms with van der Waals surface area (Å²) in [4.78, 5) is 15.2. The summed E-state index contributed by atoms with van der Waals surface area (Å²) in [6, 6.07) is 8.06. The number of nitrogens with one attached hydrogen (secondary N) is 2. The molecule has 1 aromatic rings. The molecule has 8 heteroatoms. The number of nitrogens with two attached hydrogens (primary N) is 1. The third-order valence-corrected chi connectivity index (χ3v) is 6.01. The Hall–Kier alpha value is -1.55. The Bertz CT molecular complexity index is 677. The topological polar surface area (TPSA) is 98.0 Å². The zero-order valence-corrected chi connectivity index (χ0v) is 20.9. The molecule has 2 unspecified atom stereocenters. The van der Waals surface area contributed by atoms with Crippen LogP contribution >= 0.6 is 24.0 Å². The zero-order chi connectivity index (χ0) is 21.3. The fourth-order valence-corrected chi connectivity index (χ4v) is 4.18. The van der Waals surface area contributed by atoms with E-state index in [0.717, 1.165) is 44.8 Å². The van der Waals surface area contributed by atoms with Crippen LogP contribution in [0.15, 0.2) is 29.3 Å². The number of halogens is 1. The van der Waals surface area contributed by atoms with Crippen LogP contribution in [0.3, 0.4) is 0 Å². The first-order chi connectivity index (χ1) is 14.0. The lowest BCUT2D eigenvalue weighted by molar-refractivity contribution is -0.133. The van der Waals surface area contributed by atoms with Crippen LogP contribution in [0.4, 0.5) is 0 Å². The maximum Gasteiger partial charge on any atom is 0.255 e. The molecule has 0 radical (unpaired) electrons. The number of guanidine groups is 1. The van der Waals surface area contributed by atoms with Crippen molar-refractivity contribution in [2.24, 2.45) is 16.1 Å². The summed E-state index contributed by atoms with van der Waals surface area (Å²) < 4.78 is 11.2. The quantitative estimate of drug-likeness (QED) is 0.231. The van der Waals surface area contributed by atoms with E-state index < -0.39 is 5.91 Å². The Kier molecular flexibility index (Phi) is 11.5. The number of rotatable bonds is 11. The summed E-state index contributed by atoms with van der Waals surface area (Å²) in [7, 11) is 1.80. The molecule has 2 atom stereocenters. The molecule has 0 aliphatic heterocycles. The number of hydrogen-bond acceptors (Lipinski definition) is 4. The van der Waals surface area contributed by atoms with Crippen molar-refractivity contribution in [2.45, 2.75) is 58.6 Å². The minimum atomic E-state index is -0.480. The number of ether oxygens (including phenoxy) is 2. The summed E-state index contributed by atoms with van der Waals surface area (Å²) in [5.41, 5.74) is 6.44. The molecule has 1 aromatic carbocycles. The maximum absolute atomic E-state index is 10.8. The standard InChI is InChI=1S/C22H36N4O3.HI/c1-5-22(6-2)18(14-19(22)28-7-3)26-21(24-4)25-13-12-16-8-10-17(11-9-16)29-15-20(23)27;/h8-11,18-19H,5-7,12-15H2,1-4H3,(H2,23,27)(H2,24,25,26);1H. The number of aliphatic imine (C=N–C) groups is 1. The third kappa shape index (κ3) is 6.73. The number of nitrogens with zero attached hydrogens (tertiary/aromatic N) is 1. The molecule has 0 aromatic heterocycles. The van der Waals surface area contributed by atoms with Crippen molar-refractivity contribution in [2.75, 3.05) is 26.8 Å². The number of benzene rings is 1. The van der Waals surface area contributed by atoms with Crippen LogP contribution in [-0.2, 0) is 16.0 Å². The van der Waals surface area contributed by atoms with E-state index in [2.05, 4.69) is 36.4 Å². The Morgan fingerprint density at radius 3 is 2.43 bits per heavy atom. The number of hydrogen-bond donors (Lipinski definition) is 3. The largest absolute Gasteiger partial charge is 0.484 e. The Morgan fingerprint density at radius 2 is 1.90 bits per heavy atom. The molecule has 7 nitrogen and oxygen atoms in total. The number of amides is 1. The molecular weight excluding hydrogens is 495 g/mol. The van der Waals surface area contributed by atoms with E-state index in [1.807, 2.05) is 24.3 Å². The number of carbonyl (C=O) groups excluding carboxylic acids is 1. The predicted molar refractivity (Wildman–Crippen MR) is 132 cm³/mol. The smallest absolute Gasteiger partial charge is 0.255 e. The summed E-state index contributed by atoms with van der Waals surface area (Å²) in [5.74, 6) is 0.992. The Morgan fingerprint density at radius 1 is 1.23 bits per heavy atom. The highest BCUT2D eigenvalue weighted by atomic mass is 127. The van der Waals surface area contributed by atoms with E-state index in [-0.39, 0.29) is 36.0 Å². The van der Waals surface area contributed by atoms with Gasteiger partial charge in [-0.05, 0) is 50.3 Å². The second-order valence-corrected chi connectivity index (χ2v) is 7.46. The molecule has 0 spiro atoms. The van der Waals surface area contributed by atoms with Gasteiger partial charge in [-0.2, -0.15) is 0 Å². The summed E-state index contributed by atoms with van der Waals surface area (Å²) in [6.07, 6.45) is 4.38. The molecule has 0 saturated heterocycles. The lowest BCUT2D eigenvalue weighted by atomic mass is 9.58. The van der Waals surface area contributed by atoms with Gasteiger partial charge in [0.05, 0.1) is 6.10 Å². The summed E-state index contributed by atoms with van der Waals surface area (Å²) in [5, 5.41) is 7.01. The lowest BCUT2D eigenvalue weighted by Gasteiger charge is -2.55. The molecule has 0 heterocycles. The Labute approximate surface area is 197 Å². The molecule has 1 fully saturated rings. The van der Waals surface area contributed by atoms with Crippen LogP contribution in [0.5, 0.6) is 5.75 Å². The monoisotopic (exact) mass is 532 g/mol. The van der Waals surface area contributed by atoms with Crippen LogP contribution in [0.2, 0.25) is 0 Å². The van der Waals surface area contributed by atoms with Gasteiger partial charge in [-0.1, -0.05) is 26.0 Å². The van der Waals surface area contributed by atoms with E-state index in [0.29, 0.717) is 17.9 Å². The molecule has 2 rings (SSSR count). The minimum Gasteiger partial charge on any atom is -0.484 e. The van der Waals surface area contributed by atoms with Crippen molar-refractivity contribution in [3.05, 3.63) is 29.8 Å². The zero-order valence-electron chi connectivity index (χ0n) is 18.6.